The van der Waals surface area contributed by atoms with Gasteiger partial charge in [-0.05, 0) is 54.2 Å². The van der Waals surface area contributed by atoms with Gasteiger partial charge in [-0.15, -0.1) is 11.3 Å². The zero-order valence-electron chi connectivity index (χ0n) is 21.7. The molecule has 1 aliphatic rings. The van der Waals surface area contributed by atoms with Crippen molar-refractivity contribution in [2.75, 3.05) is 5.32 Å². The Labute approximate surface area is 241 Å². The maximum atomic E-state index is 12.9. The van der Waals surface area contributed by atoms with E-state index in [1.54, 1.807) is 13.0 Å². The molecule has 1 aromatic heterocycles. The van der Waals surface area contributed by atoms with Gasteiger partial charge in [0.1, 0.15) is 11.1 Å². The van der Waals surface area contributed by atoms with Crippen LogP contribution >= 0.6 is 22.9 Å². The first kappa shape index (κ1) is 26.1. The minimum atomic E-state index is -0.751. The molecule has 2 N–H and O–H groups in total. The second-order valence-electron chi connectivity index (χ2n) is 10.0. The van der Waals surface area contributed by atoms with E-state index in [-0.39, 0.29) is 0 Å². The van der Waals surface area contributed by atoms with Crippen LogP contribution in [0.1, 0.15) is 37.0 Å². The molecule has 5 nitrogen and oxygen atoms in total. The van der Waals surface area contributed by atoms with Gasteiger partial charge in [-0.2, -0.15) is 0 Å². The van der Waals surface area contributed by atoms with Gasteiger partial charge in [-0.1, -0.05) is 96.5 Å². The summed E-state index contributed by atoms with van der Waals surface area (Å²) in [6, 6.07) is 31.4. The summed E-state index contributed by atoms with van der Waals surface area (Å²) in [7, 11) is 0. The lowest BCUT2D eigenvalue weighted by atomic mass is 9.93. The van der Waals surface area contributed by atoms with Crippen LogP contribution in [-0.2, 0) is 14.9 Å². The van der Waals surface area contributed by atoms with Crippen molar-refractivity contribution in [2.45, 2.75) is 31.3 Å². The van der Waals surface area contributed by atoms with E-state index in [0.717, 1.165) is 43.5 Å². The van der Waals surface area contributed by atoms with Crippen molar-refractivity contribution in [3.63, 3.8) is 0 Å². The van der Waals surface area contributed by atoms with E-state index in [2.05, 4.69) is 5.32 Å². The van der Waals surface area contributed by atoms with Gasteiger partial charge in [0.2, 0.25) is 0 Å². The zero-order valence-corrected chi connectivity index (χ0v) is 23.3. The predicted octanol–water partition coefficient (Wildman–Crippen LogP) is 9.31. The quantitative estimate of drug-likeness (QED) is 0.205. The topological polar surface area (TPSA) is 75.6 Å². The highest BCUT2D eigenvalue weighted by Crippen LogP contribution is 2.49. The monoisotopic (exact) mass is 567 g/mol. The number of fused-ring (bicyclic) bond motifs is 1. The summed E-state index contributed by atoms with van der Waals surface area (Å²) >= 11 is 7.79. The molecule has 7 heteroatoms. The zero-order chi connectivity index (χ0) is 27.9. The Balaban J connectivity index is 1.26. The number of hydrogen-bond acceptors (Lipinski definition) is 4. The van der Waals surface area contributed by atoms with Crippen molar-refractivity contribution >= 4 is 50.1 Å². The lowest BCUT2D eigenvalue weighted by Gasteiger charge is -2.15. The fourth-order valence-electron chi connectivity index (χ4n) is 5.13. The van der Waals surface area contributed by atoms with Gasteiger partial charge < -0.3 is 9.84 Å². The molecule has 0 radical (unpaired) electrons. The Morgan fingerprint density at radius 3 is 2.12 bits per heavy atom. The number of carbonyl (C=O) groups excluding carboxylic acids is 1. The van der Waals surface area contributed by atoms with Gasteiger partial charge in [-0.25, -0.2) is 4.79 Å². The number of rotatable bonds is 7. The highest BCUT2D eigenvalue weighted by Gasteiger charge is 2.51. The molecule has 1 aliphatic carbocycles. The Hall–Kier alpha value is -4.13. The van der Waals surface area contributed by atoms with Gasteiger partial charge in [-0.3, -0.25) is 10.1 Å². The van der Waals surface area contributed by atoms with Crippen LogP contribution in [0.2, 0.25) is 5.02 Å². The number of thiophene rings is 1. The molecular formula is C33H26ClNO4S. The standard InChI is InChI=1S/C33H26ClNO4S/c1-20(25-6-2-4-8-27(25)34)39-32(38)35-30-29(26-7-3-5-9-28(26)40-30)23-12-10-21(11-13-23)22-14-16-24(17-15-22)33(18-19-33)31(36)37/h2-17,20H,18-19H2,1H3,(H,35,38)(H,36,37)/t20-/m1/s1. The van der Waals surface area contributed by atoms with Crippen molar-refractivity contribution < 1.29 is 19.4 Å². The molecule has 0 bridgehead atoms. The van der Waals surface area contributed by atoms with Crippen LogP contribution in [0.15, 0.2) is 97.1 Å². The summed E-state index contributed by atoms with van der Waals surface area (Å²) in [5.74, 6) is -0.751. The van der Waals surface area contributed by atoms with Crippen molar-refractivity contribution in [2.24, 2.45) is 0 Å². The number of benzene rings is 4. The molecule has 0 saturated heterocycles. The first-order valence-electron chi connectivity index (χ1n) is 13.0. The maximum absolute atomic E-state index is 12.9. The largest absolute Gasteiger partial charge is 0.481 e. The normalized spacial score (nSPS) is 14.4. The molecule has 1 amide bonds. The second-order valence-corrected chi connectivity index (χ2v) is 11.5. The third kappa shape index (κ3) is 4.85. The number of hydrogen-bond donors (Lipinski definition) is 2. The average Bonchev–Trinajstić information content (AvgIpc) is 3.70. The van der Waals surface area contributed by atoms with Crippen LogP contribution in [0.4, 0.5) is 9.80 Å². The maximum Gasteiger partial charge on any atom is 0.412 e. The number of amides is 1. The molecule has 1 saturated carbocycles. The van der Waals surface area contributed by atoms with E-state index in [1.165, 1.54) is 11.3 Å². The number of carboxylic acids is 1. The summed E-state index contributed by atoms with van der Waals surface area (Å²) in [6.07, 6.45) is 0.316. The molecule has 0 aliphatic heterocycles. The van der Waals surface area contributed by atoms with Gasteiger partial charge in [0.25, 0.3) is 0 Å². The highest BCUT2D eigenvalue weighted by molar-refractivity contribution is 7.23. The second kappa shape index (κ2) is 10.5. The van der Waals surface area contributed by atoms with E-state index >= 15 is 0 Å². The van der Waals surface area contributed by atoms with Crippen molar-refractivity contribution in [1.29, 1.82) is 0 Å². The molecule has 0 unspecified atom stereocenters. The Bertz CT molecular complexity index is 1720. The summed E-state index contributed by atoms with van der Waals surface area (Å²) in [4.78, 5) is 24.6. The molecule has 1 atom stereocenters. The van der Waals surface area contributed by atoms with E-state index in [4.69, 9.17) is 16.3 Å². The number of nitrogens with one attached hydrogen (secondary N) is 1. The third-order valence-corrected chi connectivity index (χ3v) is 8.97. The number of carboxylic acid groups (broad SMARTS) is 1. The molecule has 4 aromatic carbocycles. The van der Waals surface area contributed by atoms with E-state index < -0.39 is 23.6 Å². The number of anilines is 1. The molecular weight excluding hydrogens is 542 g/mol. The first-order valence-corrected chi connectivity index (χ1v) is 14.2. The van der Waals surface area contributed by atoms with E-state index in [1.807, 2.05) is 91.0 Å². The Kier molecular flexibility index (Phi) is 6.82. The SMILES string of the molecule is C[C@@H](OC(=O)Nc1sc2ccccc2c1-c1ccc(-c2ccc(C3(C(=O)O)CC3)cc2)cc1)c1ccccc1Cl. The fraction of sp³-hybridized carbons (Fsp3) is 0.152. The molecule has 6 rings (SSSR count). The van der Waals surface area contributed by atoms with Crippen LogP contribution in [0.25, 0.3) is 32.3 Å². The molecule has 1 heterocycles. The summed E-state index contributed by atoms with van der Waals surface area (Å²) in [5, 5.41) is 14.9. The van der Waals surface area contributed by atoms with Crippen molar-refractivity contribution in [1.82, 2.24) is 0 Å². The smallest absolute Gasteiger partial charge is 0.412 e. The minimum Gasteiger partial charge on any atom is -0.481 e. The number of ether oxygens (including phenoxy) is 1. The summed E-state index contributed by atoms with van der Waals surface area (Å²) < 4.78 is 6.73. The predicted molar refractivity (Wildman–Crippen MR) is 161 cm³/mol. The van der Waals surface area contributed by atoms with Crippen LogP contribution < -0.4 is 5.32 Å². The fourth-order valence-corrected chi connectivity index (χ4v) is 6.53. The van der Waals surface area contributed by atoms with Crippen LogP contribution in [0.3, 0.4) is 0 Å². The highest BCUT2D eigenvalue weighted by atomic mass is 35.5. The molecule has 1 fully saturated rings. The summed E-state index contributed by atoms with van der Waals surface area (Å²) in [5.41, 5.74) is 4.83. The molecule has 5 aromatic rings. The van der Waals surface area contributed by atoms with Gasteiger partial charge >= 0.3 is 12.1 Å². The molecule has 40 heavy (non-hydrogen) atoms. The van der Waals surface area contributed by atoms with E-state index in [9.17, 15) is 14.7 Å². The Morgan fingerprint density at radius 2 is 1.48 bits per heavy atom. The average molecular weight is 568 g/mol. The van der Waals surface area contributed by atoms with E-state index in [0.29, 0.717) is 22.9 Å². The first-order chi connectivity index (χ1) is 19.4. The van der Waals surface area contributed by atoms with Gasteiger partial charge in [0.15, 0.2) is 0 Å². The van der Waals surface area contributed by atoms with Crippen LogP contribution in [-0.4, -0.2) is 17.2 Å². The Morgan fingerprint density at radius 1 is 0.875 bits per heavy atom. The van der Waals surface area contributed by atoms with Crippen molar-refractivity contribution in [3.8, 4) is 22.3 Å². The molecule has 0 spiro atoms. The third-order valence-electron chi connectivity index (χ3n) is 7.54. The van der Waals surface area contributed by atoms with Gasteiger partial charge in [0.05, 0.1) is 5.41 Å². The number of aliphatic carboxylic acids is 1. The number of halogens is 1. The summed E-state index contributed by atoms with van der Waals surface area (Å²) in [6.45, 7) is 1.80. The minimum absolute atomic E-state index is 0.512. The van der Waals surface area contributed by atoms with Crippen molar-refractivity contribution in [3.05, 3.63) is 113 Å². The van der Waals surface area contributed by atoms with Crippen LogP contribution in [0, 0.1) is 0 Å². The van der Waals surface area contributed by atoms with Crippen LogP contribution in [0.5, 0.6) is 0 Å². The lowest BCUT2D eigenvalue weighted by molar-refractivity contribution is -0.140. The lowest BCUT2D eigenvalue weighted by Crippen LogP contribution is -2.19. The van der Waals surface area contributed by atoms with Gasteiger partial charge in [0, 0.05) is 26.2 Å². The molecule has 200 valence electrons. The number of carbonyl (C=O) groups is 2.